The highest BCUT2D eigenvalue weighted by Crippen LogP contribution is 1.89. The van der Waals surface area contributed by atoms with Crippen molar-refractivity contribution in [1.82, 2.24) is 0 Å². The van der Waals surface area contributed by atoms with Crippen LogP contribution in [0.5, 0.6) is 0 Å². The van der Waals surface area contributed by atoms with Crippen LogP contribution in [0.3, 0.4) is 0 Å². The smallest absolute Gasteiger partial charge is 0.234 e. The molecule has 1 unspecified atom stereocenters. The topological polar surface area (TPSA) is 95.4 Å². The molecule has 0 saturated heterocycles. The molecule has 0 saturated carbocycles. The van der Waals surface area contributed by atoms with Crippen molar-refractivity contribution in [3.8, 4) is 0 Å². The van der Waals surface area contributed by atoms with Gasteiger partial charge < -0.3 is 16.2 Å². The number of Topliss-reactive ketones (excluding diaryl/α,β-unsaturated/α-hetero) is 1. The zero-order valence-electron chi connectivity index (χ0n) is 6.37. The van der Waals surface area contributed by atoms with Crippen LogP contribution >= 0.6 is 0 Å². The monoisotopic (exact) mass is 160 g/mol. The lowest BCUT2D eigenvalue weighted by atomic mass is 10.1. The molecular weight excluding hydrogens is 148 g/mol. The molecule has 0 aliphatic rings. The number of methoxy groups -OCH3 is 1. The highest BCUT2D eigenvalue weighted by atomic mass is 16.5. The second-order valence-electron chi connectivity index (χ2n) is 2.18. The Morgan fingerprint density at radius 3 is 2.45 bits per heavy atom. The normalized spacial score (nSPS) is 12.5. The summed E-state index contributed by atoms with van der Waals surface area (Å²) in [4.78, 5) is 21.1. The fourth-order valence-corrected chi connectivity index (χ4v) is 0.566. The van der Waals surface area contributed by atoms with Crippen LogP contribution in [0.25, 0.3) is 0 Å². The minimum atomic E-state index is -0.891. The lowest BCUT2D eigenvalue weighted by Crippen LogP contribution is -2.38. The Kier molecular flexibility index (Phi) is 4.40. The summed E-state index contributed by atoms with van der Waals surface area (Å²) in [6.45, 7) is -0.0268. The number of primary amides is 1. The summed E-state index contributed by atoms with van der Waals surface area (Å²) >= 11 is 0. The number of ketones is 1. The number of carbonyl (C=O) groups is 2. The van der Waals surface area contributed by atoms with E-state index in [2.05, 4.69) is 4.74 Å². The van der Waals surface area contributed by atoms with Gasteiger partial charge in [0.05, 0.1) is 6.04 Å². The average Bonchev–Trinajstić information content (AvgIpc) is 1.87. The Morgan fingerprint density at radius 1 is 1.55 bits per heavy atom. The van der Waals surface area contributed by atoms with Crippen molar-refractivity contribution >= 4 is 11.7 Å². The highest BCUT2D eigenvalue weighted by molar-refractivity contribution is 5.88. The molecule has 5 nitrogen and oxygen atoms in total. The summed E-state index contributed by atoms with van der Waals surface area (Å²) in [5.74, 6) is -0.895. The maximum absolute atomic E-state index is 10.7. The molecule has 0 aromatic heterocycles. The van der Waals surface area contributed by atoms with Gasteiger partial charge in [-0.25, -0.2) is 0 Å². The zero-order chi connectivity index (χ0) is 8.85. The maximum atomic E-state index is 10.7. The first kappa shape index (κ1) is 10.1. The minimum Gasteiger partial charge on any atom is -0.377 e. The molecule has 0 bridgehead atoms. The minimum absolute atomic E-state index is 0.0268. The number of hydrogen-bond donors (Lipinski definition) is 2. The lowest BCUT2D eigenvalue weighted by molar-refractivity contribution is -0.126. The van der Waals surface area contributed by atoms with Gasteiger partial charge >= 0.3 is 0 Å². The zero-order valence-corrected chi connectivity index (χ0v) is 6.37. The van der Waals surface area contributed by atoms with Crippen molar-refractivity contribution in [2.75, 3.05) is 13.7 Å². The standard InChI is InChI=1S/C6H12N2O3/c1-11-3-4(9)2-5(7)6(8)10/h5H,2-3,7H2,1H3,(H2,8,10). The maximum Gasteiger partial charge on any atom is 0.234 e. The Morgan fingerprint density at radius 2 is 2.09 bits per heavy atom. The van der Waals surface area contributed by atoms with Crippen molar-refractivity contribution in [3.63, 3.8) is 0 Å². The summed E-state index contributed by atoms with van der Waals surface area (Å²) in [5.41, 5.74) is 10.0. The van der Waals surface area contributed by atoms with Gasteiger partial charge in [-0.15, -0.1) is 0 Å². The number of amides is 1. The summed E-state index contributed by atoms with van der Waals surface area (Å²) in [6, 6.07) is -0.891. The van der Waals surface area contributed by atoms with Crippen molar-refractivity contribution < 1.29 is 14.3 Å². The predicted octanol–water partition coefficient (Wildman–Crippen LogP) is -1.60. The Labute approximate surface area is 64.7 Å². The van der Waals surface area contributed by atoms with Crippen molar-refractivity contribution in [2.45, 2.75) is 12.5 Å². The van der Waals surface area contributed by atoms with E-state index in [-0.39, 0.29) is 18.8 Å². The van der Waals surface area contributed by atoms with Crippen LogP contribution in [0.2, 0.25) is 0 Å². The van der Waals surface area contributed by atoms with E-state index in [9.17, 15) is 9.59 Å². The molecule has 0 spiro atoms. The van der Waals surface area contributed by atoms with E-state index >= 15 is 0 Å². The predicted molar refractivity (Wildman–Crippen MR) is 38.7 cm³/mol. The van der Waals surface area contributed by atoms with Crippen LogP contribution in [0.1, 0.15) is 6.42 Å². The Balaban J connectivity index is 3.66. The number of rotatable bonds is 5. The number of nitrogens with two attached hydrogens (primary N) is 2. The van der Waals surface area contributed by atoms with Crippen LogP contribution in [-0.4, -0.2) is 31.4 Å². The third-order valence-corrected chi connectivity index (χ3v) is 1.12. The van der Waals surface area contributed by atoms with Gasteiger partial charge in [0.1, 0.15) is 6.61 Å². The number of ether oxygens (including phenoxy) is 1. The van der Waals surface area contributed by atoms with Crippen LogP contribution in [0.15, 0.2) is 0 Å². The third kappa shape index (κ3) is 4.46. The molecule has 0 rings (SSSR count). The van der Waals surface area contributed by atoms with E-state index < -0.39 is 11.9 Å². The van der Waals surface area contributed by atoms with Crippen LogP contribution in [-0.2, 0) is 14.3 Å². The summed E-state index contributed by atoms with van der Waals surface area (Å²) in [6.07, 6.45) is -0.0524. The van der Waals surface area contributed by atoms with Crippen molar-refractivity contribution in [3.05, 3.63) is 0 Å². The van der Waals surface area contributed by atoms with E-state index in [4.69, 9.17) is 11.5 Å². The van der Waals surface area contributed by atoms with Gasteiger partial charge in [0.2, 0.25) is 5.91 Å². The molecule has 0 fully saturated rings. The van der Waals surface area contributed by atoms with Crippen molar-refractivity contribution in [2.24, 2.45) is 11.5 Å². The number of hydrogen-bond acceptors (Lipinski definition) is 4. The lowest BCUT2D eigenvalue weighted by Gasteiger charge is -2.04. The Bertz CT molecular complexity index is 158. The molecule has 0 aromatic carbocycles. The quantitative estimate of drug-likeness (QED) is 0.506. The fraction of sp³-hybridized carbons (Fsp3) is 0.667. The summed E-state index contributed by atoms with van der Waals surface area (Å²) in [5, 5.41) is 0. The molecule has 64 valence electrons. The van der Waals surface area contributed by atoms with Gasteiger partial charge in [0.25, 0.3) is 0 Å². The van der Waals surface area contributed by atoms with E-state index in [1.807, 2.05) is 0 Å². The van der Waals surface area contributed by atoms with Gasteiger partial charge in [-0.3, -0.25) is 9.59 Å². The molecule has 0 heterocycles. The number of carbonyl (C=O) groups excluding carboxylic acids is 2. The second kappa shape index (κ2) is 4.81. The molecule has 1 amide bonds. The van der Waals surface area contributed by atoms with Gasteiger partial charge in [-0.05, 0) is 0 Å². The average molecular weight is 160 g/mol. The van der Waals surface area contributed by atoms with Crippen LogP contribution < -0.4 is 11.5 Å². The molecule has 0 aromatic rings. The molecule has 11 heavy (non-hydrogen) atoms. The van der Waals surface area contributed by atoms with Crippen LogP contribution in [0.4, 0.5) is 0 Å². The first-order chi connectivity index (χ1) is 5.07. The molecule has 0 aliphatic carbocycles. The largest absolute Gasteiger partial charge is 0.377 e. The summed E-state index contributed by atoms with van der Waals surface area (Å²) in [7, 11) is 1.40. The fourth-order valence-electron chi connectivity index (χ4n) is 0.566. The third-order valence-electron chi connectivity index (χ3n) is 1.12. The van der Waals surface area contributed by atoms with E-state index in [0.717, 1.165) is 0 Å². The van der Waals surface area contributed by atoms with E-state index in [1.165, 1.54) is 7.11 Å². The van der Waals surface area contributed by atoms with Gasteiger partial charge in [0, 0.05) is 13.5 Å². The van der Waals surface area contributed by atoms with Gasteiger partial charge in [-0.1, -0.05) is 0 Å². The molecule has 0 aliphatic heterocycles. The van der Waals surface area contributed by atoms with E-state index in [1.54, 1.807) is 0 Å². The van der Waals surface area contributed by atoms with Gasteiger partial charge in [-0.2, -0.15) is 0 Å². The first-order valence-electron chi connectivity index (χ1n) is 3.13. The van der Waals surface area contributed by atoms with Crippen LogP contribution in [0, 0.1) is 0 Å². The first-order valence-corrected chi connectivity index (χ1v) is 3.13. The molecule has 0 radical (unpaired) electrons. The van der Waals surface area contributed by atoms with Crippen molar-refractivity contribution in [1.29, 1.82) is 0 Å². The molecular formula is C6H12N2O3. The molecule has 4 N–H and O–H groups in total. The van der Waals surface area contributed by atoms with E-state index in [0.29, 0.717) is 0 Å². The SMILES string of the molecule is COCC(=O)CC(N)C(N)=O. The molecule has 5 heteroatoms. The molecule has 1 atom stereocenters. The van der Waals surface area contributed by atoms with Gasteiger partial charge in [0.15, 0.2) is 5.78 Å². The Hall–Kier alpha value is -0.940. The second-order valence-corrected chi connectivity index (χ2v) is 2.18. The summed E-state index contributed by atoms with van der Waals surface area (Å²) < 4.78 is 4.53. The highest BCUT2D eigenvalue weighted by Gasteiger charge is 2.13.